The summed E-state index contributed by atoms with van der Waals surface area (Å²) < 4.78 is 4.45. The highest BCUT2D eigenvalue weighted by molar-refractivity contribution is 5.81. The molecule has 0 spiro atoms. The molecule has 0 fully saturated rings. The van der Waals surface area contributed by atoms with Gasteiger partial charge in [-0.2, -0.15) is 0 Å². The summed E-state index contributed by atoms with van der Waals surface area (Å²) in [5.74, 6) is -0.280. The van der Waals surface area contributed by atoms with Gasteiger partial charge in [0.05, 0.1) is 7.11 Å². The molecule has 0 unspecified atom stereocenters. The Morgan fingerprint density at radius 3 is 2.38 bits per heavy atom. The highest BCUT2D eigenvalue weighted by Gasteiger charge is 1.87. The van der Waals surface area contributed by atoms with Crippen LogP contribution in [0.25, 0.3) is 0 Å². The Balaban J connectivity index is 3.34. The van der Waals surface area contributed by atoms with E-state index in [4.69, 9.17) is 0 Å². The highest BCUT2D eigenvalue weighted by Crippen LogP contribution is 1.96. The van der Waals surface area contributed by atoms with Gasteiger partial charge in [0.15, 0.2) is 0 Å². The number of hydrogen-bond donors (Lipinski definition) is 0. The van der Waals surface area contributed by atoms with Gasteiger partial charge in [-0.05, 0) is 19.3 Å². The number of allylic oxidation sites excluding steroid dienone is 3. The van der Waals surface area contributed by atoms with Crippen LogP contribution in [0.15, 0.2) is 24.3 Å². The number of hydrogen-bond acceptors (Lipinski definition) is 2. The van der Waals surface area contributed by atoms with Gasteiger partial charge in [-0.25, -0.2) is 4.79 Å². The first-order valence-electron chi connectivity index (χ1n) is 4.70. The lowest BCUT2D eigenvalue weighted by molar-refractivity contribution is -0.134. The van der Waals surface area contributed by atoms with E-state index in [0.29, 0.717) is 0 Å². The van der Waals surface area contributed by atoms with Crippen molar-refractivity contribution < 1.29 is 9.53 Å². The van der Waals surface area contributed by atoms with Crippen LogP contribution in [0.5, 0.6) is 0 Å². The first-order chi connectivity index (χ1) is 6.31. The van der Waals surface area contributed by atoms with Crippen molar-refractivity contribution in [2.75, 3.05) is 7.11 Å². The van der Waals surface area contributed by atoms with Gasteiger partial charge in [-0.1, -0.05) is 31.6 Å². The Kier molecular flexibility index (Phi) is 8.31. The molecule has 0 aromatic carbocycles. The summed E-state index contributed by atoms with van der Waals surface area (Å²) in [7, 11) is 1.38. The predicted molar refractivity (Wildman–Crippen MR) is 54.4 cm³/mol. The summed E-state index contributed by atoms with van der Waals surface area (Å²) in [4.78, 5) is 10.6. The van der Waals surface area contributed by atoms with E-state index in [0.717, 1.165) is 19.3 Å². The van der Waals surface area contributed by atoms with Crippen molar-refractivity contribution in [3.8, 4) is 0 Å². The Morgan fingerprint density at radius 2 is 1.77 bits per heavy atom. The fraction of sp³-hybridized carbons (Fsp3) is 0.545. The molecule has 0 aliphatic rings. The standard InChI is InChI=1S/C11H18O2/c1-3-4-5-6-7-8-9-10-11(12)13-2/h5-6,9-10H,3-4,7-8H2,1-2H3. The molecule has 0 aromatic rings. The number of esters is 1. The molecule has 2 nitrogen and oxygen atoms in total. The summed E-state index contributed by atoms with van der Waals surface area (Å²) in [6.07, 6.45) is 11.8. The minimum Gasteiger partial charge on any atom is -0.466 e. The van der Waals surface area contributed by atoms with Crippen molar-refractivity contribution in [2.24, 2.45) is 0 Å². The average molecular weight is 182 g/mol. The summed E-state index contributed by atoms with van der Waals surface area (Å²) in [5, 5.41) is 0. The van der Waals surface area contributed by atoms with E-state index in [1.807, 2.05) is 6.08 Å². The molecule has 13 heavy (non-hydrogen) atoms. The molecule has 0 radical (unpaired) electrons. The molecule has 0 rings (SSSR count). The van der Waals surface area contributed by atoms with Crippen LogP contribution < -0.4 is 0 Å². The molecule has 0 aliphatic carbocycles. The van der Waals surface area contributed by atoms with Crippen molar-refractivity contribution in [1.82, 2.24) is 0 Å². The Hall–Kier alpha value is -1.05. The lowest BCUT2D eigenvalue weighted by Gasteiger charge is -1.89. The van der Waals surface area contributed by atoms with Gasteiger partial charge in [0.2, 0.25) is 0 Å². The van der Waals surface area contributed by atoms with Gasteiger partial charge in [0.25, 0.3) is 0 Å². The molecule has 74 valence electrons. The fourth-order valence-corrected chi connectivity index (χ4v) is 0.842. The van der Waals surface area contributed by atoms with Crippen molar-refractivity contribution >= 4 is 5.97 Å². The largest absolute Gasteiger partial charge is 0.466 e. The number of carbonyl (C=O) groups excluding carboxylic acids is 1. The monoisotopic (exact) mass is 182 g/mol. The number of carbonyl (C=O) groups is 1. The number of rotatable bonds is 6. The molecule has 0 aromatic heterocycles. The minimum absolute atomic E-state index is 0.280. The van der Waals surface area contributed by atoms with Crippen LogP contribution in [-0.2, 0) is 9.53 Å². The topological polar surface area (TPSA) is 26.3 Å². The molecule has 0 aliphatic heterocycles. The van der Waals surface area contributed by atoms with Crippen molar-refractivity contribution in [3.63, 3.8) is 0 Å². The first-order valence-corrected chi connectivity index (χ1v) is 4.70. The number of unbranched alkanes of at least 4 members (excludes halogenated alkanes) is 2. The maximum Gasteiger partial charge on any atom is 0.330 e. The van der Waals surface area contributed by atoms with E-state index in [2.05, 4.69) is 23.8 Å². The van der Waals surface area contributed by atoms with E-state index < -0.39 is 0 Å². The third kappa shape index (κ3) is 8.86. The van der Waals surface area contributed by atoms with E-state index in [1.165, 1.54) is 19.6 Å². The van der Waals surface area contributed by atoms with Gasteiger partial charge in [-0.3, -0.25) is 0 Å². The zero-order chi connectivity index (χ0) is 9.94. The Labute approximate surface area is 80.3 Å². The van der Waals surface area contributed by atoms with Crippen LogP contribution in [0.2, 0.25) is 0 Å². The van der Waals surface area contributed by atoms with Crippen LogP contribution in [0.4, 0.5) is 0 Å². The summed E-state index contributed by atoms with van der Waals surface area (Å²) in [5.41, 5.74) is 0. The number of methoxy groups -OCH3 is 1. The smallest absolute Gasteiger partial charge is 0.330 e. The molecule has 0 amide bonds. The molecule has 0 atom stereocenters. The van der Waals surface area contributed by atoms with Gasteiger partial charge >= 0.3 is 5.97 Å². The SMILES string of the molecule is CCCC=CCCC=CC(=O)OC. The minimum atomic E-state index is -0.280. The van der Waals surface area contributed by atoms with Gasteiger partial charge in [0.1, 0.15) is 0 Å². The van der Waals surface area contributed by atoms with Crippen molar-refractivity contribution in [1.29, 1.82) is 0 Å². The van der Waals surface area contributed by atoms with Crippen LogP contribution in [-0.4, -0.2) is 13.1 Å². The second-order valence-corrected chi connectivity index (χ2v) is 2.76. The third-order valence-corrected chi connectivity index (χ3v) is 1.58. The summed E-state index contributed by atoms with van der Waals surface area (Å²) in [6.45, 7) is 2.15. The molecule has 0 saturated carbocycles. The van der Waals surface area contributed by atoms with Gasteiger partial charge in [0, 0.05) is 6.08 Å². The van der Waals surface area contributed by atoms with E-state index in [1.54, 1.807) is 0 Å². The lowest BCUT2D eigenvalue weighted by Crippen LogP contribution is -1.93. The maximum absolute atomic E-state index is 10.6. The normalized spacial score (nSPS) is 11.2. The molecule has 0 heterocycles. The molecule has 0 N–H and O–H groups in total. The second-order valence-electron chi connectivity index (χ2n) is 2.76. The summed E-state index contributed by atoms with van der Waals surface area (Å²) >= 11 is 0. The number of ether oxygens (including phenoxy) is 1. The first kappa shape index (κ1) is 11.9. The van der Waals surface area contributed by atoms with E-state index >= 15 is 0 Å². The zero-order valence-electron chi connectivity index (χ0n) is 8.45. The Bertz CT molecular complexity index is 181. The maximum atomic E-state index is 10.6. The highest BCUT2D eigenvalue weighted by atomic mass is 16.5. The average Bonchev–Trinajstić information content (AvgIpc) is 2.16. The van der Waals surface area contributed by atoms with Crippen LogP contribution in [0.3, 0.4) is 0 Å². The van der Waals surface area contributed by atoms with E-state index in [-0.39, 0.29) is 5.97 Å². The quantitative estimate of drug-likeness (QED) is 0.273. The Morgan fingerprint density at radius 1 is 1.15 bits per heavy atom. The zero-order valence-corrected chi connectivity index (χ0v) is 8.45. The van der Waals surface area contributed by atoms with Crippen molar-refractivity contribution in [3.05, 3.63) is 24.3 Å². The molecule has 0 bridgehead atoms. The fourth-order valence-electron chi connectivity index (χ4n) is 0.842. The van der Waals surface area contributed by atoms with Crippen LogP contribution in [0, 0.1) is 0 Å². The molecular weight excluding hydrogens is 164 g/mol. The predicted octanol–water partition coefficient (Wildman–Crippen LogP) is 2.85. The lowest BCUT2D eigenvalue weighted by atomic mass is 10.2. The van der Waals surface area contributed by atoms with Gasteiger partial charge in [-0.15, -0.1) is 0 Å². The van der Waals surface area contributed by atoms with E-state index in [9.17, 15) is 4.79 Å². The molecular formula is C11H18O2. The summed E-state index contributed by atoms with van der Waals surface area (Å²) in [6, 6.07) is 0. The third-order valence-electron chi connectivity index (χ3n) is 1.58. The second kappa shape index (κ2) is 9.04. The van der Waals surface area contributed by atoms with Crippen LogP contribution >= 0.6 is 0 Å². The van der Waals surface area contributed by atoms with Gasteiger partial charge < -0.3 is 4.74 Å². The molecule has 0 saturated heterocycles. The molecule has 2 heteroatoms. The van der Waals surface area contributed by atoms with Crippen LogP contribution in [0.1, 0.15) is 32.6 Å². The van der Waals surface area contributed by atoms with Crippen molar-refractivity contribution in [2.45, 2.75) is 32.6 Å².